The van der Waals surface area contributed by atoms with Gasteiger partial charge in [-0.05, 0) is 29.8 Å². The molecule has 1 N–H and O–H groups in total. The minimum atomic E-state index is -0.578. The minimum absolute atomic E-state index is 0.0255. The largest absolute Gasteiger partial charge is 0.497 e. The number of halogens is 1. The van der Waals surface area contributed by atoms with E-state index >= 15 is 0 Å². The van der Waals surface area contributed by atoms with Gasteiger partial charge in [0.25, 0.3) is 0 Å². The lowest BCUT2D eigenvalue weighted by molar-refractivity contribution is -0.122. The number of benzene rings is 2. The van der Waals surface area contributed by atoms with Gasteiger partial charge in [-0.3, -0.25) is 9.59 Å². The zero-order chi connectivity index (χ0) is 21.1. The van der Waals surface area contributed by atoms with Crippen LogP contribution >= 0.6 is 11.3 Å². The number of hydrogen-bond donors (Lipinski definition) is 1. The van der Waals surface area contributed by atoms with Gasteiger partial charge in [-0.2, -0.15) is 0 Å². The number of ether oxygens (including phenoxy) is 1. The second kappa shape index (κ2) is 8.58. The van der Waals surface area contributed by atoms with Gasteiger partial charge in [0.2, 0.25) is 16.9 Å². The molecule has 2 heterocycles. The highest BCUT2D eigenvalue weighted by molar-refractivity contribution is 7.15. The summed E-state index contributed by atoms with van der Waals surface area (Å²) < 4.78 is 19.1. The molecule has 1 saturated heterocycles. The molecule has 7 nitrogen and oxygen atoms in total. The van der Waals surface area contributed by atoms with E-state index in [1.54, 1.807) is 19.2 Å². The molecule has 4 rings (SSSR count). The Bertz CT molecular complexity index is 1070. The van der Waals surface area contributed by atoms with E-state index in [1.165, 1.54) is 28.4 Å². The van der Waals surface area contributed by atoms with Gasteiger partial charge in [0, 0.05) is 19.4 Å². The van der Waals surface area contributed by atoms with Crippen molar-refractivity contribution in [3.05, 3.63) is 64.9 Å². The molecule has 30 heavy (non-hydrogen) atoms. The number of anilines is 2. The summed E-state index contributed by atoms with van der Waals surface area (Å²) in [6.07, 6.45) is 0.609. The number of nitrogens with one attached hydrogen (secondary N) is 1. The maximum Gasteiger partial charge on any atom is 0.231 e. The van der Waals surface area contributed by atoms with Crippen LogP contribution in [0.1, 0.15) is 17.0 Å². The number of methoxy groups -OCH3 is 1. The molecule has 154 valence electrons. The molecule has 3 aromatic rings. The van der Waals surface area contributed by atoms with Crippen molar-refractivity contribution in [1.29, 1.82) is 0 Å². The Kier molecular flexibility index (Phi) is 5.71. The minimum Gasteiger partial charge on any atom is -0.497 e. The average Bonchev–Trinajstić information content (AvgIpc) is 3.35. The molecule has 0 bridgehead atoms. The molecule has 1 aliphatic rings. The first-order chi connectivity index (χ1) is 14.5. The quantitative estimate of drug-likeness (QED) is 0.654. The first-order valence-corrected chi connectivity index (χ1v) is 10.2. The first-order valence-electron chi connectivity index (χ1n) is 9.34. The summed E-state index contributed by atoms with van der Waals surface area (Å²) in [5.41, 5.74) is 1.24. The Hall–Kier alpha value is -3.33. The summed E-state index contributed by atoms with van der Waals surface area (Å²) in [6.45, 7) is 0.128. The molecule has 2 amide bonds. The van der Waals surface area contributed by atoms with Crippen molar-refractivity contribution in [2.75, 3.05) is 23.9 Å². The Morgan fingerprint density at radius 2 is 2.00 bits per heavy atom. The highest BCUT2D eigenvalue weighted by atomic mass is 32.1. The van der Waals surface area contributed by atoms with E-state index in [1.807, 2.05) is 24.3 Å². The predicted molar refractivity (Wildman–Crippen MR) is 111 cm³/mol. The van der Waals surface area contributed by atoms with Crippen LogP contribution < -0.4 is 15.0 Å². The van der Waals surface area contributed by atoms with E-state index < -0.39 is 11.7 Å². The molecule has 1 aliphatic heterocycles. The lowest BCUT2D eigenvalue weighted by Crippen LogP contribution is -2.28. The maximum atomic E-state index is 14.0. The van der Waals surface area contributed by atoms with Crippen LogP contribution in [-0.2, 0) is 16.0 Å². The van der Waals surface area contributed by atoms with Gasteiger partial charge in [-0.25, -0.2) is 4.39 Å². The molecule has 1 fully saturated rings. The number of hydrogen-bond acceptors (Lipinski definition) is 6. The van der Waals surface area contributed by atoms with Crippen molar-refractivity contribution >= 4 is 34.0 Å². The fourth-order valence-corrected chi connectivity index (χ4v) is 4.06. The number of amides is 2. The lowest BCUT2D eigenvalue weighted by atomic mass is 10.1. The highest BCUT2D eigenvalue weighted by Crippen LogP contribution is 2.28. The van der Waals surface area contributed by atoms with Gasteiger partial charge in [0.05, 0.1) is 18.7 Å². The Balaban J connectivity index is 1.37. The van der Waals surface area contributed by atoms with Crippen molar-refractivity contribution in [3.63, 3.8) is 0 Å². The zero-order valence-corrected chi connectivity index (χ0v) is 17.0. The summed E-state index contributed by atoms with van der Waals surface area (Å²) in [7, 11) is 1.61. The molecule has 0 unspecified atom stereocenters. The number of aromatic nitrogens is 2. The van der Waals surface area contributed by atoms with Crippen LogP contribution in [0.3, 0.4) is 0 Å². The third kappa shape index (κ3) is 4.30. The van der Waals surface area contributed by atoms with Gasteiger partial charge < -0.3 is 15.0 Å². The summed E-state index contributed by atoms with van der Waals surface area (Å²) in [6, 6.07) is 13.7. The SMILES string of the molecule is COc1ccc(Cc2nnc(NC(=O)[C@@H]3CC(=O)N(c4ccccc4F)C3)s2)cc1. The number of para-hydroxylation sites is 1. The van der Waals surface area contributed by atoms with E-state index in [0.717, 1.165) is 16.3 Å². The van der Waals surface area contributed by atoms with Gasteiger partial charge >= 0.3 is 0 Å². The molecule has 1 atom stereocenters. The van der Waals surface area contributed by atoms with Crippen LogP contribution in [0.2, 0.25) is 0 Å². The van der Waals surface area contributed by atoms with E-state index in [4.69, 9.17) is 4.74 Å². The number of carbonyl (C=O) groups excluding carboxylic acids is 2. The van der Waals surface area contributed by atoms with Crippen molar-refractivity contribution in [2.24, 2.45) is 5.92 Å². The fraction of sp³-hybridized carbons (Fsp3) is 0.238. The molecule has 0 radical (unpaired) electrons. The lowest BCUT2D eigenvalue weighted by Gasteiger charge is -2.17. The fourth-order valence-electron chi connectivity index (χ4n) is 3.29. The molecule has 1 aromatic heterocycles. The molecule has 9 heteroatoms. The van der Waals surface area contributed by atoms with Crippen molar-refractivity contribution in [1.82, 2.24) is 10.2 Å². The third-order valence-corrected chi connectivity index (χ3v) is 5.69. The summed E-state index contributed by atoms with van der Waals surface area (Å²) in [5.74, 6) is -0.892. The smallest absolute Gasteiger partial charge is 0.231 e. The number of nitrogens with zero attached hydrogens (tertiary/aromatic N) is 3. The average molecular weight is 426 g/mol. The topological polar surface area (TPSA) is 84.4 Å². The molecule has 0 spiro atoms. The van der Waals surface area contributed by atoms with Crippen LogP contribution in [0, 0.1) is 11.7 Å². The second-order valence-electron chi connectivity index (χ2n) is 6.87. The Labute approximate surface area is 176 Å². The van der Waals surface area contributed by atoms with Crippen LogP contribution in [0.5, 0.6) is 5.75 Å². The van der Waals surface area contributed by atoms with Crippen LogP contribution in [0.15, 0.2) is 48.5 Å². The van der Waals surface area contributed by atoms with Gasteiger partial charge in [0.15, 0.2) is 0 Å². The van der Waals surface area contributed by atoms with E-state index in [-0.39, 0.29) is 30.5 Å². The highest BCUT2D eigenvalue weighted by Gasteiger charge is 2.36. The van der Waals surface area contributed by atoms with Gasteiger partial charge in [-0.15, -0.1) is 10.2 Å². The summed E-state index contributed by atoms with van der Waals surface area (Å²) in [4.78, 5) is 26.2. The molecular weight excluding hydrogens is 407 g/mol. The number of carbonyl (C=O) groups is 2. The standard InChI is InChI=1S/C21H19FN4O3S/c1-29-15-8-6-13(7-9-15)10-18-24-25-21(30-18)23-20(28)14-11-19(27)26(12-14)17-5-3-2-4-16(17)22/h2-9,14H,10-12H2,1H3,(H,23,25,28)/t14-/m1/s1. The van der Waals surface area contributed by atoms with Crippen molar-refractivity contribution in [2.45, 2.75) is 12.8 Å². The van der Waals surface area contributed by atoms with E-state index in [9.17, 15) is 14.0 Å². The third-order valence-electron chi connectivity index (χ3n) is 4.85. The molecular formula is C21H19FN4O3S. The normalized spacial score (nSPS) is 16.0. The van der Waals surface area contributed by atoms with E-state index in [2.05, 4.69) is 15.5 Å². The molecule has 0 saturated carbocycles. The molecule has 2 aromatic carbocycles. The van der Waals surface area contributed by atoms with Crippen LogP contribution in [0.25, 0.3) is 0 Å². The second-order valence-corrected chi connectivity index (χ2v) is 7.93. The van der Waals surface area contributed by atoms with Gasteiger partial charge in [-0.1, -0.05) is 35.6 Å². The van der Waals surface area contributed by atoms with Gasteiger partial charge in [0.1, 0.15) is 16.6 Å². The first kappa shape index (κ1) is 20.0. The Morgan fingerprint density at radius 3 is 2.73 bits per heavy atom. The zero-order valence-electron chi connectivity index (χ0n) is 16.2. The summed E-state index contributed by atoms with van der Waals surface area (Å²) in [5, 5.41) is 12.0. The summed E-state index contributed by atoms with van der Waals surface area (Å²) >= 11 is 1.28. The van der Waals surface area contributed by atoms with Crippen LogP contribution in [-0.4, -0.2) is 35.7 Å². The Morgan fingerprint density at radius 1 is 1.23 bits per heavy atom. The van der Waals surface area contributed by atoms with Crippen LogP contribution in [0.4, 0.5) is 15.2 Å². The maximum absolute atomic E-state index is 14.0. The van der Waals surface area contributed by atoms with Crippen molar-refractivity contribution in [3.8, 4) is 5.75 Å². The monoisotopic (exact) mass is 426 g/mol. The van der Waals surface area contributed by atoms with Crippen molar-refractivity contribution < 1.29 is 18.7 Å². The van der Waals surface area contributed by atoms with E-state index in [0.29, 0.717) is 11.6 Å². The number of rotatable bonds is 6. The molecule has 0 aliphatic carbocycles. The predicted octanol–water partition coefficient (Wildman–Crippen LogP) is 3.27.